The quantitative estimate of drug-likeness (QED) is 0.750. The fourth-order valence-corrected chi connectivity index (χ4v) is 2.88. The third-order valence-electron chi connectivity index (χ3n) is 3.72. The third-order valence-corrected chi connectivity index (χ3v) is 3.72. The maximum Gasteiger partial charge on any atom is 0.327 e. The number of aliphatic carboxylic acids is 1. The average molecular weight is 239 g/mol. The summed E-state index contributed by atoms with van der Waals surface area (Å²) in [4.78, 5) is 35.6. The first-order valence-corrected chi connectivity index (χ1v) is 6.19. The molecule has 1 saturated carbocycles. The maximum absolute atomic E-state index is 11.6. The van der Waals surface area contributed by atoms with E-state index in [0.29, 0.717) is 0 Å². The van der Waals surface area contributed by atoms with Crippen LogP contribution in [0.5, 0.6) is 0 Å². The second-order valence-corrected chi connectivity index (χ2v) is 4.84. The Morgan fingerprint density at radius 2 is 1.65 bits per heavy atom. The van der Waals surface area contributed by atoms with Crippen molar-refractivity contribution < 1.29 is 19.5 Å². The van der Waals surface area contributed by atoms with Crippen LogP contribution in [-0.4, -0.2) is 33.8 Å². The van der Waals surface area contributed by atoms with Crippen molar-refractivity contribution in [1.82, 2.24) is 4.90 Å². The molecule has 2 amide bonds. The highest BCUT2D eigenvalue weighted by Gasteiger charge is 2.43. The van der Waals surface area contributed by atoms with Gasteiger partial charge in [-0.1, -0.05) is 19.3 Å². The zero-order valence-electron chi connectivity index (χ0n) is 9.72. The zero-order chi connectivity index (χ0) is 12.4. The molecule has 94 valence electrons. The Morgan fingerprint density at radius 1 is 1.12 bits per heavy atom. The fourth-order valence-electron chi connectivity index (χ4n) is 2.88. The molecular weight excluding hydrogens is 222 g/mol. The van der Waals surface area contributed by atoms with Crippen LogP contribution in [0.1, 0.15) is 44.9 Å². The van der Waals surface area contributed by atoms with Gasteiger partial charge in [-0.2, -0.15) is 0 Å². The van der Waals surface area contributed by atoms with Crippen LogP contribution in [0.25, 0.3) is 0 Å². The van der Waals surface area contributed by atoms with Crippen molar-refractivity contribution in [2.45, 2.75) is 51.0 Å². The molecule has 1 saturated heterocycles. The van der Waals surface area contributed by atoms with Gasteiger partial charge in [0.2, 0.25) is 11.8 Å². The van der Waals surface area contributed by atoms with E-state index >= 15 is 0 Å². The van der Waals surface area contributed by atoms with Gasteiger partial charge in [-0.25, -0.2) is 4.79 Å². The Kier molecular flexibility index (Phi) is 3.45. The molecule has 0 bridgehead atoms. The number of hydrogen-bond acceptors (Lipinski definition) is 3. The number of likely N-dealkylation sites (tertiary alicyclic amines) is 1. The molecule has 2 fully saturated rings. The summed E-state index contributed by atoms with van der Waals surface area (Å²) >= 11 is 0. The molecule has 1 N–H and O–H groups in total. The van der Waals surface area contributed by atoms with E-state index in [4.69, 9.17) is 0 Å². The zero-order valence-corrected chi connectivity index (χ0v) is 9.72. The molecule has 0 aromatic carbocycles. The first-order valence-electron chi connectivity index (χ1n) is 6.19. The molecule has 2 rings (SSSR count). The summed E-state index contributed by atoms with van der Waals surface area (Å²) in [6.07, 6.45) is 5.02. The molecule has 5 heteroatoms. The molecule has 1 aliphatic carbocycles. The van der Waals surface area contributed by atoms with Crippen molar-refractivity contribution in [1.29, 1.82) is 0 Å². The highest BCUT2D eigenvalue weighted by atomic mass is 16.4. The fraction of sp³-hybridized carbons (Fsp3) is 0.750. The van der Waals surface area contributed by atoms with Gasteiger partial charge in [-0.05, 0) is 18.8 Å². The van der Waals surface area contributed by atoms with Crippen LogP contribution in [0.2, 0.25) is 0 Å². The number of imide groups is 1. The molecule has 17 heavy (non-hydrogen) atoms. The van der Waals surface area contributed by atoms with Crippen LogP contribution >= 0.6 is 0 Å². The van der Waals surface area contributed by atoms with Gasteiger partial charge in [0, 0.05) is 12.8 Å². The van der Waals surface area contributed by atoms with E-state index in [2.05, 4.69) is 0 Å². The van der Waals surface area contributed by atoms with Crippen LogP contribution in [0, 0.1) is 5.92 Å². The summed E-state index contributed by atoms with van der Waals surface area (Å²) in [7, 11) is 0. The lowest BCUT2D eigenvalue weighted by molar-refractivity contribution is -0.157. The number of carboxylic acid groups (broad SMARTS) is 1. The molecule has 0 aromatic heterocycles. The normalized spacial score (nSPS) is 24.1. The highest BCUT2D eigenvalue weighted by molar-refractivity contribution is 6.04. The first kappa shape index (κ1) is 12.1. The topological polar surface area (TPSA) is 74.7 Å². The summed E-state index contributed by atoms with van der Waals surface area (Å²) in [6.45, 7) is 0. The van der Waals surface area contributed by atoms with E-state index in [1.165, 1.54) is 0 Å². The Labute approximate surface area is 99.8 Å². The molecule has 1 atom stereocenters. The van der Waals surface area contributed by atoms with Gasteiger partial charge in [0.25, 0.3) is 0 Å². The van der Waals surface area contributed by atoms with Crippen LogP contribution < -0.4 is 0 Å². The van der Waals surface area contributed by atoms with E-state index in [1.807, 2.05) is 0 Å². The van der Waals surface area contributed by atoms with E-state index in [-0.39, 0.29) is 30.6 Å². The van der Waals surface area contributed by atoms with Gasteiger partial charge < -0.3 is 5.11 Å². The maximum atomic E-state index is 11.6. The summed E-state index contributed by atoms with van der Waals surface area (Å²) < 4.78 is 0. The van der Waals surface area contributed by atoms with Gasteiger partial charge in [-0.3, -0.25) is 14.5 Å². The smallest absolute Gasteiger partial charge is 0.327 e. The number of rotatable bonds is 3. The van der Waals surface area contributed by atoms with Gasteiger partial charge >= 0.3 is 5.97 Å². The van der Waals surface area contributed by atoms with Gasteiger partial charge in [0.15, 0.2) is 0 Å². The Bertz CT molecular complexity index is 330. The number of hydrogen-bond donors (Lipinski definition) is 1. The van der Waals surface area contributed by atoms with Crippen molar-refractivity contribution in [3.8, 4) is 0 Å². The van der Waals surface area contributed by atoms with E-state index in [1.54, 1.807) is 0 Å². The number of carbonyl (C=O) groups is 3. The summed E-state index contributed by atoms with van der Waals surface area (Å²) in [5.74, 6) is -1.76. The lowest BCUT2D eigenvalue weighted by Gasteiger charge is -2.32. The molecule has 2 aliphatic rings. The summed E-state index contributed by atoms with van der Waals surface area (Å²) in [5, 5.41) is 9.28. The van der Waals surface area contributed by atoms with Crippen LogP contribution in [0.3, 0.4) is 0 Å². The second kappa shape index (κ2) is 4.85. The lowest BCUT2D eigenvalue weighted by Crippen LogP contribution is -2.49. The summed E-state index contributed by atoms with van der Waals surface area (Å²) in [5.41, 5.74) is 0. The minimum Gasteiger partial charge on any atom is -0.480 e. The predicted octanol–water partition coefficient (Wildman–Crippen LogP) is 1.17. The third kappa shape index (κ3) is 2.33. The molecular formula is C12H17NO4. The molecule has 1 aliphatic heterocycles. The van der Waals surface area contributed by atoms with Gasteiger partial charge in [0.1, 0.15) is 6.04 Å². The van der Waals surface area contributed by atoms with E-state index in [9.17, 15) is 19.5 Å². The first-order chi connectivity index (χ1) is 8.11. The molecule has 0 radical (unpaired) electrons. The number of nitrogens with zero attached hydrogens (tertiary/aromatic N) is 1. The number of amides is 2. The Morgan fingerprint density at radius 3 is 2.12 bits per heavy atom. The van der Waals surface area contributed by atoms with Crippen LogP contribution in [-0.2, 0) is 14.4 Å². The van der Waals surface area contributed by atoms with Crippen molar-refractivity contribution in [2.24, 2.45) is 5.92 Å². The standard InChI is InChI=1S/C12H17NO4/c14-9-6-7-10(15)13(9)11(12(16)17)8-4-2-1-3-5-8/h8,11H,1-7H2,(H,16,17). The van der Waals surface area contributed by atoms with Gasteiger partial charge in [0.05, 0.1) is 0 Å². The van der Waals surface area contributed by atoms with E-state index in [0.717, 1.165) is 37.0 Å². The van der Waals surface area contributed by atoms with E-state index < -0.39 is 12.0 Å². The molecule has 1 unspecified atom stereocenters. The Balaban J connectivity index is 2.18. The molecule has 1 heterocycles. The molecule has 0 aromatic rings. The minimum atomic E-state index is -1.04. The van der Waals surface area contributed by atoms with Crippen LogP contribution in [0.15, 0.2) is 0 Å². The van der Waals surface area contributed by atoms with Crippen molar-refractivity contribution in [3.63, 3.8) is 0 Å². The lowest BCUT2D eigenvalue weighted by atomic mass is 9.83. The SMILES string of the molecule is O=C(O)C(C1CCCCC1)N1C(=O)CCC1=O. The average Bonchev–Trinajstić information content (AvgIpc) is 2.62. The number of carboxylic acids is 1. The Hall–Kier alpha value is -1.39. The van der Waals surface area contributed by atoms with Crippen molar-refractivity contribution in [2.75, 3.05) is 0 Å². The largest absolute Gasteiger partial charge is 0.480 e. The van der Waals surface area contributed by atoms with Crippen molar-refractivity contribution in [3.05, 3.63) is 0 Å². The highest BCUT2D eigenvalue weighted by Crippen LogP contribution is 2.31. The van der Waals surface area contributed by atoms with Crippen LogP contribution in [0.4, 0.5) is 0 Å². The molecule has 0 spiro atoms. The number of carbonyl (C=O) groups excluding carboxylic acids is 2. The molecule has 5 nitrogen and oxygen atoms in total. The minimum absolute atomic E-state index is 0.0627. The predicted molar refractivity (Wildman–Crippen MR) is 59.1 cm³/mol. The van der Waals surface area contributed by atoms with Crippen molar-refractivity contribution >= 4 is 17.8 Å². The van der Waals surface area contributed by atoms with Gasteiger partial charge in [-0.15, -0.1) is 0 Å². The summed E-state index contributed by atoms with van der Waals surface area (Å²) in [6, 6.07) is -0.933. The second-order valence-electron chi connectivity index (χ2n) is 4.84. The monoisotopic (exact) mass is 239 g/mol.